The van der Waals surface area contributed by atoms with Crippen LogP contribution >= 0.6 is 0 Å². The number of esters is 1. The molecular weight excluding hydrogens is 282 g/mol. The Hall–Kier alpha value is -3.00. The zero-order valence-electron chi connectivity index (χ0n) is 11.7. The lowest BCUT2D eigenvalue weighted by Gasteiger charge is -2.18. The van der Waals surface area contributed by atoms with E-state index in [1.807, 2.05) is 6.07 Å². The number of nitriles is 1. The summed E-state index contributed by atoms with van der Waals surface area (Å²) < 4.78 is 16.1. The number of carbonyl (C=O) groups is 1. The van der Waals surface area contributed by atoms with Crippen molar-refractivity contribution in [2.75, 3.05) is 13.2 Å². The fourth-order valence-electron chi connectivity index (χ4n) is 2.13. The van der Waals surface area contributed by atoms with E-state index < -0.39 is 5.97 Å². The molecule has 0 aliphatic carbocycles. The SMILES string of the molecule is N#Cc1cccc(COC(=O)c2ccc3c(c2)OCCO3)c1. The van der Waals surface area contributed by atoms with Crippen LogP contribution in [0.4, 0.5) is 0 Å². The van der Waals surface area contributed by atoms with Crippen LogP contribution in [0.25, 0.3) is 0 Å². The highest BCUT2D eigenvalue weighted by atomic mass is 16.6. The van der Waals surface area contributed by atoms with Crippen molar-refractivity contribution in [3.8, 4) is 17.6 Å². The van der Waals surface area contributed by atoms with Crippen LogP contribution < -0.4 is 9.47 Å². The van der Waals surface area contributed by atoms with Gasteiger partial charge < -0.3 is 14.2 Å². The molecule has 0 bridgehead atoms. The Morgan fingerprint density at radius 1 is 1.14 bits per heavy atom. The Labute approximate surface area is 127 Å². The number of hydrogen-bond acceptors (Lipinski definition) is 5. The minimum absolute atomic E-state index is 0.114. The van der Waals surface area contributed by atoms with E-state index in [0.29, 0.717) is 35.8 Å². The van der Waals surface area contributed by atoms with Crippen LogP contribution in [0.1, 0.15) is 21.5 Å². The second-order valence-corrected chi connectivity index (χ2v) is 4.75. The van der Waals surface area contributed by atoms with E-state index in [9.17, 15) is 4.79 Å². The summed E-state index contributed by atoms with van der Waals surface area (Å²) in [6, 6.07) is 14.0. The monoisotopic (exact) mass is 295 g/mol. The second-order valence-electron chi connectivity index (χ2n) is 4.75. The summed E-state index contributed by atoms with van der Waals surface area (Å²) in [7, 11) is 0. The quantitative estimate of drug-likeness (QED) is 0.814. The van der Waals surface area contributed by atoms with Gasteiger partial charge in [0.2, 0.25) is 0 Å². The molecule has 2 aromatic carbocycles. The third-order valence-electron chi connectivity index (χ3n) is 3.20. The molecule has 5 heteroatoms. The molecule has 1 aliphatic rings. The lowest BCUT2D eigenvalue weighted by Crippen LogP contribution is -2.16. The molecule has 0 amide bonds. The van der Waals surface area contributed by atoms with E-state index in [1.165, 1.54) is 0 Å². The first-order valence-electron chi connectivity index (χ1n) is 6.82. The van der Waals surface area contributed by atoms with Crippen molar-refractivity contribution in [2.45, 2.75) is 6.61 Å². The molecule has 0 saturated heterocycles. The third-order valence-corrected chi connectivity index (χ3v) is 3.20. The van der Waals surface area contributed by atoms with Crippen LogP contribution in [-0.4, -0.2) is 19.2 Å². The fraction of sp³-hybridized carbons (Fsp3) is 0.176. The minimum Gasteiger partial charge on any atom is -0.486 e. The molecule has 0 N–H and O–H groups in total. The van der Waals surface area contributed by atoms with Crippen LogP contribution in [0.2, 0.25) is 0 Å². The van der Waals surface area contributed by atoms with Gasteiger partial charge in [0.15, 0.2) is 11.5 Å². The maximum absolute atomic E-state index is 12.1. The highest BCUT2D eigenvalue weighted by Gasteiger charge is 2.15. The van der Waals surface area contributed by atoms with Gasteiger partial charge in [0.1, 0.15) is 19.8 Å². The van der Waals surface area contributed by atoms with E-state index in [4.69, 9.17) is 19.5 Å². The minimum atomic E-state index is -0.445. The van der Waals surface area contributed by atoms with Gasteiger partial charge in [-0.15, -0.1) is 0 Å². The summed E-state index contributed by atoms with van der Waals surface area (Å²) in [6.07, 6.45) is 0. The summed E-state index contributed by atoms with van der Waals surface area (Å²) in [5, 5.41) is 8.85. The van der Waals surface area contributed by atoms with Gasteiger partial charge >= 0.3 is 5.97 Å². The molecule has 5 nitrogen and oxygen atoms in total. The van der Waals surface area contributed by atoms with Crippen molar-refractivity contribution >= 4 is 5.97 Å². The van der Waals surface area contributed by atoms with Crippen molar-refractivity contribution in [1.29, 1.82) is 5.26 Å². The number of rotatable bonds is 3. The molecule has 22 heavy (non-hydrogen) atoms. The van der Waals surface area contributed by atoms with Crippen LogP contribution in [0.15, 0.2) is 42.5 Å². The first kappa shape index (κ1) is 14.0. The Morgan fingerprint density at radius 3 is 2.77 bits per heavy atom. The van der Waals surface area contributed by atoms with Gasteiger partial charge in [-0.05, 0) is 35.9 Å². The smallest absolute Gasteiger partial charge is 0.338 e. The molecule has 1 aliphatic heterocycles. The van der Waals surface area contributed by atoms with Gasteiger partial charge in [0.05, 0.1) is 17.2 Å². The highest BCUT2D eigenvalue weighted by Crippen LogP contribution is 2.30. The molecular formula is C17H13NO4. The molecule has 0 spiro atoms. The molecule has 1 heterocycles. The molecule has 0 aromatic heterocycles. The lowest BCUT2D eigenvalue weighted by atomic mass is 10.1. The average Bonchev–Trinajstić information content (AvgIpc) is 2.59. The van der Waals surface area contributed by atoms with Crippen LogP contribution in [0.5, 0.6) is 11.5 Å². The van der Waals surface area contributed by atoms with Gasteiger partial charge in [-0.3, -0.25) is 0 Å². The number of fused-ring (bicyclic) bond motifs is 1. The van der Waals surface area contributed by atoms with Gasteiger partial charge in [0, 0.05) is 0 Å². The standard InChI is InChI=1S/C17H13NO4/c18-10-12-2-1-3-13(8-12)11-22-17(19)14-4-5-15-16(9-14)21-7-6-20-15/h1-5,8-9H,6-7,11H2. The summed E-state index contributed by atoms with van der Waals surface area (Å²) >= 11 is 0. The third kappa shape index (κ3) is 3.01. The number of ether oxygens (including phenoxy) is 3. The molecule has 2 aromatic rings. The van der Waals surface area contributed by atoms with Crippen molar-refractivity contribution in [2.24, 2.45) is 0 Å². The summed E-state index contributed by atoms with van der Waals surface area (Å²) in [5.74, 6) is 0.732. The van der Waals surface area contributed by atoms with Crippen molar-refractivity contribution < 1.29 is 19.0 Å². The van der Waals surface area contributed by atoms with Crippen molar-refractivity contribution in [3.63, 3.8) is 0 Å². The van der Waals surface area contributed by atoms with Gasteiger partial charge in [-0.25, -0.2) is 4.79 Å². The van der Waals surface area contributed by atoms with Crippen LogP contribution in [0.3, 0.4) is 0 Å². The number of hydrogen-bond donors (Lipinski definition) is 0. The van der Waals surface area contributed by atoms with Crippen LogP contribution in [-0.2, 0) is 11.3 Å². The maximum Gasteiger partial charge on any atom is 0.338 e. The molecule has 0 fully saturated rings. The zero-order chi connectivity index (χ0) is 15.4. The molecule has 0 unspecified atom stereocenters. The molecule has 0 atom stereocenters. The predicted octanol–water partition coefficient (Wildman–Crippen LogP) is 2.69. The van der Waals surface area contributed by atoms with Gasteiger partial charge in [0.25, 0.3) is 0 Å². The summed E-state index contributed by atoms with van der Waals surface area (Å²) in [6.45, 7) is 1.08. The van der Waals surface area contributed by atoms with E-state index in [2.05, 4.69) is 0 Å². The number of nitrogens with zero attached hydrogens (tertiary/aromatic N) is 1. The first-order valence-corrected chi connectivity index (χ1v) is 6.82. The van der Waals surface area contributed by atoms with E-state index in [-0.39, 0.29) is 6.61 Å². The molecule has 3 rings (SSSR count). The van der Waals surface area contributed by atoms with Gasteiger partial charge in [-0.1, -0.05) is 12.1 Å². The Kier molecular flexibility index (Phi) is 3.92. The number of benzene rings is 2. The zero-order valence-corrected chi connectivity index (χ0v) is 11.7. The molecule has 0 radical (unpaired) electrons. The predicted molar refractivity (Wildman–Crippen MR) is 77.7 cm³/mol. The van der Waals surface area contributed by atoms with E-state index in [1.54, 1.807) is 42.5 Å². The largest absolute Gasteiger partial charge is 0.486 e. The fourth-order valence-corrected chi connectivity index (χ4v) is 2.13. The summed E-state index contributed by atoms with van der Waals surface area (Å²) in [4.78, 5) is 12.1. The Bertz CT molecular complexity index is 749. The van der Waals surface area contributed by atoms with Crippen LogP contribution in [0, 0.1) is 11.3 Å². The highest BCUT2D eigenvalue weighted by molar-refractivity contribution is 5.90. The lowest BCUT2D eigenvalue weighted by molar-refractivity contribution is 0.0471. The van der Waals surface area contributed by atoms with Crippen molar-refractivity contribution in [1.82, 2.24) is 0 Å². The maximum atomic E-state index is 12.1. The molecule has 110 valence electrons. The Morgan fingerprint density at radius 2 is 1.95 bits per heavy atom. The normalized spacial score (nSPS) is 12.3. The Balaban J connectivity index is 1.68. The van der Waals surface area contributed by atoms with Gasteiger partial charge in [-0.2, -0.15) is 5.26 Å². The summed E-state index contributed by atoms with van der Waals surface area (Å²) in [5.41, 5.74) is 1.71. The number of carbonyl (C=O) groups excluding carboxylic acids is 1. The van der Waals surface area contributed by atoms with E-state index in [0.717, 1.165) is 5.56 Å². The molecule has 0 saturated carbocycles. The average molecular weight is 295 g/mol. The van der Waals surface area contributed by atoms with Crippen molar-refractivity contribution in [3.05, 3.63) is 59.2 Å². The van der Waals surface area contributed by atoms with E-state index >= 15 is 0 Å². The second kappa shape index (κ2) is 6.19. The topological polar surface area (TPSA) is 68.5 Å². The first-order chi connectivity index (χ1) is 10.8.